The molecule has 3 aromatic rings. The van der Waals surface area contributed by atoms with Gasteiger partial charge in [0.15, 0.2) is 11.0 Å². The number of pyridine rings is 1. The number of nitrogens with zero attached hydrogens (tertiary/aromatic N) is 4. The minimum atomic E-state index is -0.327. The van der Waals surface area contributed by atoms with E-state index >= 15 is 0 Å². The summed E-state index contributed by atoms with van der Waals surface area (Å²) in [7, 11) is 1.63. The summed E-state index contributed by atoms with van der Waals surface area (Å²) in [4.78, 5) is 16.6. The summed E-state index contributed by atoms with van der Waals surface area (Å²) in [5.74, 6) is 1.45. The molecular weight excluding hydrogens is 386 g/mol. The molecule has 29 heavy (non-hydrogen) atoms. The molecule has 7 nitrogen and oxygen atoms in total. The maximum absolute atomic E-state index is 12.5. The molecule has 0 aliphatic rings. The van der Waals surface area contributed by atoms with E-state index in [1.54, 1.807) is 25.6 Å². The summed E-state index contributed by atoms with van der Waals surface area (Å²) in [5, 5.41) is 11.9. The Morgan fingerprint density at radius 3 is 2.62 bits per heavy atom. The number of benzene rings is 1. The zero-order valence-electron chi connectivity index (χ0n) is 16.4. The molecule has 0 bridgehead atoms. The Kier molecular flexibility index (Phi) is 7.02. The third kappa shape index (κ3) is 5.23. The van der Waals surface area contributed by atoms with E-state index in [-0.39, 0.29) is 11.2 Å². The van der Waals surface area contributed by atoms with Crippen LogP contribution in [0.5, 0.6) is 5.75 Å². The fourth-order valence-corrected chi connectivity index (χ4v) is 3.55. The Balaban J connectivity index is 1.66. The van der Waals surface area contributed by atoms with Crippen molar-refractivity contribution in [2.75, 3.05) is 7.11 Å². The number of allylic oxidation sites excluding steroid dienone is 1. The molecule has 3 rings (SSSR count). The third-order valence-corrected chi connectivity index (χ3v) is 5.32. The first-order valence-corrected chi connectivity index (χ1v) is 10.0. The molecule has 1 aromatic carbocycles. The first kappa shape index (κ1) is 20.6. The number of carbonyl (C=O) groups excluding carboxylic acids is 1. The van der Waals surface area contributed by atoms with Gasteiger partial charge in [0.05, 0.1) is 12.4 Å². The Morgan fingerprint density at radius 1 is 1.24 bits per heavy atom. The minimum absolute atomic E-state index is 0.0653. The summed E-state index contributed by atoms with van der Waals surface area (Å²) < 4.78 is 7.09. The van der Waals surface area contributed by atoms with Gasteiger partial charge >= 0.3 is 0 Å². The van der Waals surface area contributed by atoms with Crippen molar-refractivity contribution in [1.82, 2.24) is 25.1 Å². The molecule has 2 heterocycles. The molecule has 0 saturated carbocycles. The molecule has 0 aliphatic carbocycles. The number of ether oxygens (including phenoxy) is 1. The molecule has 8 heteroatoms. The second kappa shape index (κ2) is 9.88. The molecule has 0 spiro atoms. The highest BCUT2D eigenvalue weighted by molar-refractivity contribution is 8.00. The van der Waals surface area contributed by atoms with Crippen LogP contribution in [0, 0.1) is 0 Å². The first-order valence-electron chi connectivity index (χ1n) is 9.14. The summed E-state index contributed by atoms with van der Waals surface area (Å²) >= 11 is 1.37. The molecule has 0 unspecified atom stereocenters. The molecule has 1 N–H and O–H groups in total. The van der Waals surface area contributed by atoms with Gasteiger partial charge in [0.25, 0.3) is 0 Å². The number of hydrogen-bond acceptors (Lipinski definition) is 6. The normalized spacial score (nSPS) is 11.7. The van der Waals surface area contributed by atoms with Crippen molar-refractivity contribution in [2.45, 2.75) is 30.4 Å². The third-order valence-electron chi connectivity index (χ3n) is 4.24. The Bertz CT molecular complexity index is 957. The standard InChI is InChI=1S/C21H23N5O2S/c1-4-13-26-19(17-9-11-22-12-10-17)24-25-21(26)29-15(2)20(27)23-14-16-5-7-18(28-3)8-6-16/h4-12,15H,1,13-14H2,2-3H3,(H,23,27)/t15-/m1/s1. The smallest absolute Gasteiger partial charge is 0.233 e. The highest BCUT2D eigenvalue weighted by Gasteiger charge is 2.20. The van der Waals surface area contributed by atoms with Crippen LogP contribution >= 0.6 is 11.8 Å². The van der Waals surface area contributed by atoms with Crippen molar-refractivity contribution >= 4 is 17.7 Å². The van der Waals surface area contributed by atoms with Crippen LogP contribution in [0.2, 0.25) is 0 Å². The van der Waals surface area contributed by atoms with Crippen LogP contribution in [0.3, 0.4) is 0 Å². The molecule has 150 valence electrons. The van der Waals surface area contributed by atoms with E-state index in [2.05, 4.69) is 27.1 Å². The van der Waals surface area contributed by atoms with Gasteiger partial charge in [-0.15, -0.1) is 16.8 Å². The number of thioether (sulfide) groups is 1. The molecule has 1 amide bonds. The second-order valence-electron chi connectivity index (χ2n) is 6.27. The maximum Gasteiger partial charge on any atom is 0.233 e. The highest BCUT2D eigenvalue weighted by atomic mass is 32.2. The van der Waals surface area contributed by atoms with Gasteiger partial charge in [0.1, 0.15) is 5.75 Å². The highest BCUT2D eigenvalue weighted by Crippen LogP contribution is 2.26. The number of amides is 1. The number of aromatic nitrogens is 4. The first-order chi connectivity index (χ1) is 14.1. The number of rotatable bonds is 9. The van der Waals surface area contributed by atoms with Crippen LogP contribution in [0.1, 0.15) is 12.5 Å². The lowest BCUT2D eigenvalue weighted by Gasteiger charge is -2.13. The summed E-state index contributed by atoms with van der Waals surface area (Å²) in [5.41, 5.74) is 1.92. The van der Waals surface area contributed by atoms with Crippen LogP contribution in [0.4, 0.5) is 0 Å². The monoisotopic (exact) mass is 409 g/mol. The van der Waals surface area contributed by atoms with Crippen molar-refractivity contribution in [3.63, 3.8) is 0 Å². The second-order valence-corrected chi connectivity index (χ2v) is 7.58. The van der Waals surface area contributed by atoms with E-state index in [0.29, 0.717) is 18.2 Å². The average molecular weight is 410 g/mol. The average Bonchev–Trinajstić information content (AvgIpc) is 3.15. The summed E-state index contributed by atoms with van der Waals surface area (Å²) in [6.45, 7) is 6.67. The predicted octanol–water partition coefficient (Wildman–Crippen LogP) is 3.33. The zero-order valence-corrected chi connectivity index (χ0v) is 17.2. The van der Waals surface area contributed by atoms with Crippen molar-refractivity contribution < 1.29 is 9.53 Å². The quantitative estimate of drug-likeness (QED) is 0.431. The molecule has 1 atom stereocenters. The van der Waals surface area contributed by atoms with Crippen LogP contribution in [-0.2, 0) is 17.9 Å². The van der Waals surface area contributed by atoms with Gasteiger partial charge < -0.3 is 10.1 Å². The Hall–Kier alpha value is -3.13. The van der Waals surface area contributed by atoms with Gasteiger partial charge in [-0.1, -0.05) is 30.0 Å². The van der Waals surface area contributed by atoms with Crippen LogP contribution < -0.4 is 10.1 Å². The topological polar surface area (TPSA) is 81.9 Å². The van der Waals surface area contributed by atoms with Crippen molar-refractivity contribution in [2.24, 2.45) is 0 Å². The number of nitrogens with one attached hydrogen (secondary N) is 1. The number of hydrogen-bond donors (Lipinski definition) is 1. The predicted molar refractivity (Wildman–Crippen MR) is 114 cm³/mol. The van der Waals surface area contributed by atoms with E-state index < -0.39 is 0 Å². The van der Waals surface area contributed by atoms with Crippen molar-refractivity contribution in [3.05, 3.63) is 67.0 Å². The fourth-order valence-electron chi connectivity index (χ4n) is 2.67. The lowest BCUT2D eigenvalue weighted by molar-refractivity contribution is -0.120. The molecule has 0 saturated heterocycles. The van der Waals surface area contributed by atoms with Gasteiger partial charge in [0, 0.05) is 31.0 Å². The largest absolute Gasteiger partial charge is 0.497 e. The van der Waals surface area contributed by atoms with Gasteiger partial charge in [-0.3, -0.25) is 14.3 Å². The van der Waals surface area contributed by atoms with E-state index in [9.17, 15) is 4.79 Å². The van der Waals surface area contributed by atoms with E-state index in [1.165, 1.54) is 11.8 Å². The number of methoxy groups -OCH3 is 1. The molecule has 0 fully saturated rings. The van der Waals surface area contributed by atoms with Gasteiger partial charge in [-0.05, 0) is 36.8 Å². The summed E-state index contributed by atoms with van der Waals surface area (Å²) in [6, 6.07) is 11.4. The maximum atomic E-state index is 12.5. The molecule has 0 radical (unpaired) electrons. The fraction of sp³-hybridized carbons (Fsp3) is 0.238. The van der Waals surface area contributed by atoms with Crippen molar-refractivity contribution in [1.29, 1.82) is 0 Å². The minimum Gasteiger partial charge on any atom is -0.497 e. The summed E-state index contributed by atoms with van der Waals surface area (Å²) in [6.07, 6.45) is 5.21. The van der Waals surface area contributed by atoms with Crippen molar-refractivity contribution in [3.8, 4) is 17.1 Å². The van der Waals surface area contributed by atoms with Gasteiger partial charge in [-0.2, -0.15) is 0 Å². The van der Waals surface area contributed by atoms with Gasteiger partial charge in [-0.25, -0.2) is 0 Å². The van der Waals surface area contributed by atoms with Crippen LogP contribution in [-0.4, -0.2) is 38.0 Å². The van der Waals surface area contributed by atoms with E-state index in [4.69, 9.17) is 4.74 Å². The molecule has 0 aliphatic heterocycles. The van der Waals surface area contributed by atoms with E-state index in [0.717, 1.165) is 22.7 Å². The molecular formula is C21H23N5O2S. The van der Waals surface area contributed by atoms with Gasteiger partial charge in [0.2, 0.25) is 5.91 Å². The molecule has 2 aromatic heterocycles. The number of carbonyl (C=O) groups is 1. The lowest BCUT2D eigenvalue weighted by Crippen LogP contribution is -2.30. The lowest BCUT2D eigenvalue weighted by atomic mass is 10.2. The van der Waals surface area contributed by atoms with Crippen LogP contribution in [0.15, 0.2) is 66.6 Å². The van der Waals surface area contributed by atoms with Crippen LogP contribution in [0.25, 0.3) is 11.4 Å². The Morgan fingerprint density at radius 2 is 1.97 bits per heavy atom. The van der Waals surface area contributed by atoms with E-state index in [1.807, 2.05) is 47.9 Å². The SMILES string of the molecule is C=CCn1c(S[C@H](C)C(=O)NCc2ccc(OC)cc2)nnc1-c1ccncc1. The zero-order chi connectivity index (χ0) is 20.6. The Labute approximate surface area is 174 Å².